The predicted octanol–water partition coefficient (Wildman–Crippen LogP) is 4.58. The van der Waals surface area contributed by atoms with Crippen molar-refractivity contribution in [3.63, 3.8) is 0 Å². The smallest absolute Gasteiger partial charge is 0.335 e. The lowest BCUT2D eigenvalue weighted by Gasteiger charge is -2.17. The summed E-state index contributed by atoms with van der Waals surface area (Å²) in [5, 5.41) is 12.2. The van der Waals surface area contributed by atoms with Crippen molar-refractivity contribution in [2.45, 2.75) is 26.4 Å². The Morgan fingerprint density at radius 3 is 2.29 bits per heavy atom. The molecule has 0 aliphatic carbocycles. The zero-order chi connectivity index (χ0) is 22.0. The van der Waals surface area contributed by atoms with Gasteiger partial charge >= 0.3 is 5.97 Å². The molecule has 31 heavy (non-hydrogen) atoms. The van der Waals surface area contributed by atoms with Gasteiger partial charge in [0.05, 0.1) is 22.6 Å². The van der Waals surface area contributed by atoms with Gasteiger partial charge in [0.25, 0.3) is 5.91 Å². The average Bonchev–Trinajstić information content (AvgIpc) is 3.13. The van der Waals surface area contributed by atoms with E-state index in [4.69, 9.17) is 10.1 Å². The normalized spacial score (nSPS) is 11.9. The first kappa shape index (κ1) is 20.3. The van der Waals surface area contributed by atoms with Gasteiger partial charge in [0.1, 0.15) is 5.82 Å². The maximum atomic E-state index is 12.7. The lowest BCUT2D eigenvalue weighted by molar-refractivity contribution is 0.0696. The summed E-state index contributed by atoms with van der Waals surface area (Å²) in [6.07, 6.45) is 0. The van der Waals surface area contributed by atoms with Crippen LogP contribution in [0.3, 0.4) is 0 Å². The minimum Gasteiger partial charge on any atom is -0.478 e. The van der Waals surface area contributed by atoms with Crippen LogP contribution < -0.4 is 5.32 Å². The van der Waals surface area contributed by atoms with E-state index in [9.17, 15) is 9.59 Å². The number of rotatable bonds is 6. The fraction of sp³-hybridized carbons (Fsp3) is 0.160. The molecule has 0 unspecified atom stereocenters. The Bertz CT molecular complexity index is 1240. The zero-order valence-corrected chi connectivity index (χ0v) is 17.4. The van der Waals surface area contributed by atoms with Crippen LogP contribution in [-0.4, -0.2) is 26.5 Å². The second-order valence-corrected chi connectivity index (χ2v) is 7.61. The number of nitrogens with zero attached hydrogens (tertiary/aromatic N) is 2. The number of carbonyl (C=O) groups is 2. The number of aromatic nitrogens is 2. The van der Waals surface area contributed by atoms with Crippen LogP contribution in [0, 0.1) is 6.92 Å². The molecule has 1 atom stereocenters. The van der Waals surface area contributed by atoms with Crippen molar-refractivity contribution in [3.05, 3.63) is 101 Å². The monoisotopic (exact) mass is 413 g/mol. The lowest BCUT2D eigenvalue weighted by Crippen LogP contribution is -2.28. The Morgan fingerprint density at radius 1 is 0.968 bits per heavy atom. The van der Waals surface area contributed by atoms with E-state index < -0.39 is 5.97 Å². The van der Waals surface area contributed by atoms with Crippen LogP contribution in [0.15, 0.2) is 72.8 Å². The number of hydrogen-bond acceptors (Lipinski definition) is 3. The van der Waals surface area contributed by atoms with E-state index in [0.717, 1.165) is 28.0 Å². The number of fused-ring (bicyclic) bond motifs is 1. The Morgan fingerprint density at radius 2 is 1.61 bits per heavy atom. The molecule has 1 amide bonds. The maximum Gasteiger partial charge on any atom is 0.335 e. The number of carboxylic acids is 1. The number of benzene rings is 3. The van der Waals surface area contributed by atoms with Gasteiger partial charge in [-0.1, -0.05) is 42.0 Å². The molecule has 2 N–H and O–H groups in total. The molecular formula is C25H23N3O3. The number of para-hydroxylation sites is 2. The SMILES string of the molecule is Cc1ccc(C(=O)N[C@@H](C)c2nc3ccccc3n2Cc2ccc(C(=O)O)cc2)cc1. The number of carbonyl (C=O) groups excluding carboxylic acids is 1. The van der Waals surface area contributed by atoms with E-state index in [1.54, 1.807) is 24.3 Å². The molecule has 0 bridgehead atoms. The highest BCUT2D eigenvalue weighted by Crippen LogP contribution is 2.23. The Balaban J connectivity index is 1.64. The first-order valence-corrected chi connectivity index (χ1v) is 10.1. The molecule has 0 aliphatic heterocycles. The largest absolute Gasteiger partial charge is 0.478 e. The third kappa shape index (κ3) is 4.33. The van der Waals surface area contributed by atoms with E-state index >= 15 is 0 Å². The van der Waals surface area contributed by atoms with Gasteiger partial charge in [-0.05, 0) is 55.8 Å². The van der Waals surface area contributed by atoms with Gasteiger partial charge in [0.15, 0.2) is 0 Å². The summed E-state index contributed by atoms with van der Waals surface area (Å²) in [4.78, 5) is 28.6. The van der Waals surface area contributed by atoms with E-state index in [1.807, 2.05) is 62.4 Å². The number of aryl methyl sites for hydroxylation is 1. The van der Waals surface area contributed by atoms with Crippen LogP contribution in [0.5, 0.6) is 0 Å². The third-order valence-electron chi connectivity index (χ3n) is 5.27. The summed E-state index contributed by atoms with van der Waals surface area (Å²) in [7, 11) is 0. The van der Waals surface area contributed by atoms with Crippen LogP contribution >= 0.6 is 0 Å². The van der Waals surface area contributed by atoms with Crippen LogP contribution in [0.2, 0.25) is 0 Å². The highest BCUT2D eigenvalue weighted by atomic mass is 16.4. The van der Waals surface area contributed by atoms with Gasteiger partial charge in [-0.3, -0.25) is 4.79 Å². The van der Waals surface area contributed by atoms with E-state index in [2.05, 4.69) is 9.88 Å². The van der Waals surface area contributed by atoms with E-state index in [-0.39, 0.29) is 17.5 Å². The number of amides is 1. The molecular weight excluding hydrogens is 390 g/mol. The number of hydrogen-bond donors (Lipinski definition) is 2. The van der Waals surface area contributed by atoms with Crippen LogP contribution in [0.25, 0.3) is 11.0 Å². The molecule has 0 fully saturated rings. The summed E-state index contributed by atoms with van der Waals surface area (Å²) < 4.78 is 2.06. The van der Waals surface area contributed by atoms with Crippen LogP contribution in [0.4, 0.5) is 0 Å². The number of aromatic carboxylic acids is 1. The van der Waals surface area contributed by atoms with Crippen molar-refractivity contribution in [2.75, 3.05) is 0 Å². The molecule has 1 aromatic heterocycles. The maximum absolute atomic E-state index is 12.7. The molecule has 6 nitrogen and oxygen atoms in total. The van der Waals surface area contributed by atoms with Crippen molar-refractivity contribution < 1.29 is 14.7 Å². The molecule has 0 saturated heterocycles. The van der Waals surface area contributed by atoms with Crippen molar-refractivity contribution in [1.82, 2.24) is 14.9 Å². The molecule has 0 aliphatic rings. The molecule has 4 aromatic rings. The third-order valence-corrected chi connectivity index (χ3v) is 5.27. The number of nitrogens with one attached hydrogen (secondary N) is 1. The molecule has 6 heteroatoms. The molecule has 1 heterocycles. The van der Waals surface area contributed by atoms with Crippen molar-refractivity contribution in [2.24, 2.45) is 0 Å². The van der Waals surface area contributed by atoms with Crippen LogP contribution in [-0.2, 0) is 6.54 Å². The summed E-state index contributed by atoms with van der Waals surface area (Å²) >= 11 is 0. The van der Waals surface area contributed by atoms with Crippen LogP contribution in [0.1, 0.15) is 50.6 Å². The average molecular weight is 413 g/mol. The molecule has 0 spiro atoms. The van der Waals surface area contributed by atoms with Gasteiger partial charge < -0.3 is 15.0 Å². The fourth-order valence-electron chi connectivity index (χ4n) is 3.58. The van der Waals surface area contributed by atoms with Crippen molar-refractivity contribution >= 4 is 22.9 Å². The number of carboxylic acid groups (broad SMARTS) is 1. The number of imidazole rings is 1. The van der Waals surface area contributed by atoms with Gasteiger partial charge in [-0.15, -0.1) is 0 Å². The highest BCUT2D eigenvalue weighted by Gasteiger charge is 2.19. The van der Waals surface area contributed by atoms with E-state index in [0.29, 0.717) is 12.1 Å². The summed E-state index contributed by atoms with van der Waals surface area (Å²) in [6.45, 7) is 4.41. The highest BCUT2D eigenvalue weighted by molar-refractivity contribution is 5.94. The summed E-state index contributed by atoms with van der Waals surface area (Å²) in [6, 6.07) is 21.7. The minimum absolute atomic E-state index is 0.156. The van der Waals surface area contributed by atoms with Gasteiger partial charge in [0.2, 0.25) is 0 Å². The van der Waals surface area contributed by atoms with Crippen molar-refractivity contribution in [1.29, 1.82) is 0 Å². The first-order chi connectivity index (χ1) is 14.9. The fourth-order valence-corrected chi connectivity index (χ4v) is 3.58. The first-order valence-electron chi connectivity index (χ1n) is 10.1. The molecule has 0 radical (unpaired) electrons. The topological polar surface area (TPSA) is 84.2 Å². The van der Waals surface area contributed by atoms with Gasteiger partial charge in [-0.25, -0.2) is 9.78 Å². The quantitative estimate of drug-likeness (QED) is 0.485. The lowest BCUT2D eigenvalue weighted by atomic mass is 10.1. The van der Waals surface area contributed by atoms with Gasteiger partial charge in [0, 0.05) is 12.1 Å². The Hall–Kier alpha value is -3.93. The summed E-state index contributed by atoms with van der Waals surface area (Å²) in [5.41, 5.74) is 4.70. The second kappa shape index (κ2) is 8.44. The molecule has 3 aromatic carbocycles. The van der Waals surface area contributed by atoms with E-state index in [1.165, 1.54) is 0 Å². The Kier molecular flexibility index (Phi) is 5.54. The van der Waals surface area contributed by atoms with Crippen molar-refractivity contribution in [3.8, 4) is 0 Å². The molecule has 0 saturated carbocycles. The zero-order valence-electron chi connectivity index (χ0n) is 17.4. The molecule has 156 valence electrons. The Labute approximate surface area is 180 Å². The van der Waals surface area contributed by atoms with Gasteiger partial charge in [-0.2, -0.15) is 0 Å². The summed E-state index contributed by atoms with van der Waals surface area (Å²) in [5.74, 6) is -0.367. The molecule has 4 rings (SSSR count). The standard InChI is InChI=1S/C25H23N3O3/c1-16-7-11-19(12-8-16)24(29)26-17(2)23-27-21-5-3-4-6-22(21)28(23)15-18-9-13-20(14-10-18)25(30)31/h3-14,17H,15H2,1-2H3,(H,26,29)(H,30,31)/t17-/m0/s1. The second-order valence-electron chi connectivity index (χ2n) is 7.61. The minimum atomic E-state index is -0.951. The predicted molar refractivity (Wildman–Crippen MR) is 119 cm³/mol.